The molecule has 4 nitrogen and oxygen atoms in total. The number of sulfonamides is 1. The second kappa shape index (κ2) is 6.04. The van der Waals surface area contributed by atoms with Crippen LogP contribution < -0.4 is 9.46 Å². The molecule has 1 aromatic rings. The summed E-state index contributed by atoms with van der Waals surface area (Å²) in [6.07, 6.45) is 0. The van der Waals surface area contributed by atoms with Crippen LogP contribution in [-0.4, -0.2) is 21.6 Å². The lowest BCUT2D eigenvalue weighted by molar-refractivity contribution is 0.411. The van der Waals surface area contributed by atoms with Crippen LogP contribution >= 0.6 is 15.9 Å². The number of methoxy groups -OCH3 is 1. The van der Waals surface area contributed by atoms with Crippen LogP contribution in [0.15, 0.2) is 27.6 Å². The minimum Gasteiger partial charge on any atom is -0.496 e. The van der Waals surface area contributed by atoms with Crippen molar-refractivity contribution in [3.8, 4) is 5.75 Å². The highest BCUT2D eigenvalue weighted by molar-refractivity contribution is 9.10. The molecule has 1 rings (SSSR count). The van der Waals surface area contributed by atoms with Crippen LogP contribution in [0, 0.1) is 5.92 Å². The van der Waals surface area contributed by atoms with Crippen LogP contribution in [0.3, 0.4) is 0 Å². The molecule has 0 aromatic heterocycles. The van der Waals surface area contributed by atoms with Crippen molar-refractivity contribution in [2.75, 3.05) is 7.11 Å². The number of benzene rings is 1. The Bertz CT molecular complexity index is 514. The van der Waals surface area contributed by atoms with Gasteiger partial charge in [0.1, 0.15) is 5.75 Å². The van der Waals surface area contributed by atoms with Crippen molar-refractivity contribution in [2.24, 2.45) is 5.92 Å². The Labute approximate surface area is 117 Å². The molecule has 102 valence electrons. The van der Waals surface area contributed by atoms with E-state index in [1.54, 1.807) is 6.07 Å². The van der Waals surface area contributed by atoms with E-state index in [1.807, 2.05) is 20.8 Å². The van der Waals surface area contributed by atoms with E-state index in [0.717, 1.165) is 0 Å². The zero-order valence-electron chi connectivity index (χ0n) is 10.9. The van der Waals surface area contributed by atoms with Crippen LogP contribution in [0.5, 0.6) is 5.75 Å². The molecular weight excluding hydrogens is 318 g/mol. The van der Waals surface area contributed by atoms with Crippen molar-refractivity contribution in [3.63, 3.8) is 0 Å². The molecule has 0 aliphatic carbocycles. The lowest BCUT2D eigenvalue weighted by atomic mass is 10.1. The topological polar surface area (TPSA) is 55.4 Å². The minimum absolute atomic E-state index is 0.115. The van der Waals surface area contributed by atoms with Gasteiger partial charge in [0.05, 0.1) is 16.5 Å². The third kappa shape index (κ3) is 3.70. The molecule has 0 bridgehead atoms. The largest absolute Gasteiger partial charge is 0.496 e. The highest BCUT2D eigenvalue weighted by Gasteiger charge is 2.20. The highest BCUT2D eigenvalue weighted by Crippen LogP contribution is 2.27. The summed E-state index contributed by atoms with van der Waals surface area (Å²) in [7, 11) is -1.95. The number of rotatable bonds is 5. The Balaban J connectivity index is 3.02. The van der Waals surface area contributed by atoms with Gasteiger partial charge in [0, 0.05) is 6.04 Å². The maximum atomic E-state index is 12.1. The van der Waals surface area contributed by atoms with Gasteiger partial charge in [0.2, 0.25) is 10.0 Å². The zero-order chi connectivity index (χ0) is 13.9. The minimum atomic E-state index is -3.49. The molecule has 0 spiro atoms. The molecule has 0 aliphatic heterocycles. The van der Waals surface area contributed by atoms with Crippen LogP contribution in [-0.2, 0) is 10.0 Å². The van der Waals surface area contributed by atoms with E-state index in [0.29, 0.717) is 10.2 Å². The average Bonchev–Trinajstić information content (AvgIpc) is 2.28. The lowest BCUT2D eigenvalue weighted by Crippen LogP contribution is -2.36. The van der Waals surface area contributed by atoms with Gasteiger partial charge in [0.15, 0.2) is 0 Å². The van der Waals surface area contributed by atoms with E-state index in [-0.39, 0.29) is 16.9 Å². The first-order valence-electron chi connectivity index (χ1n) is 5.64. The first-order chi connectivity index (χ1) is 8.27. The molecule has 0 saturated heterocycles. The molecular formula is C12H18BrNO3S. The summed E-state index contributed by atoms with van der Waals surface area (Å²) in [4.78, 5) is 0.225. The second-order valence-electron chi connectivity index (χ2n) is 4.45. The van der Waals surface area contributed by atoms with Crippen molar-refractivity contribution >= 4 is 26.0 Å². The van der Waals surface area contributed by atoms with Gasteiger partial charge < -0.3 is 4.74 Å². The molecule has 1 N–H and O–H groups in total. The maximum Gasteiger partial charge on any atom is 0.240 e. The van der Waals surface area contributed by atoms with Gasteiger partial charge in [-0.15, -0.1) is 0 Å². The summed E-state index contributed by atoms with van der Waals surface area (Å²) < 4.78 is 32.6. The van der Waals surface area contributed by atoms with E-state index in [1.165, 1.54) is 19.2 Å². The summed E-state index contributed by atoms with van der Waals surface area (Å²) in [5.41, 5.74) is 0. The first-order valence-corrected chi connectivity index (χ1v) is 7.91. The zero-order valence-corrected chi connectivity index (χ0v) is 13.3. The Morgan fingerprint density at radius 1 is 1.28 bits per heavy atom. The van der Waals surface area contributed by atoms with Crippen molar-refractivity contribution in [1.29, 1.82) is 0 Å². The lowest BCUT2D eigenvalue weighted by Gasteiger charge is -2.17. The van der Waals surface area contributed by atoms with Crippen molar-refractivity contribution in [3.05, 3.63) is 22.7 Å². The predicted molar refractivity (Wildman–Crippen MR) is 75.3 cm³/mol. The average molecular weight is 336 g/mol. The molecule has 0 amide bonds. The Morgan fingerprint density at radius 3 is 2.33 bits per heavy atom. The number of nitrogens with one attached hydrogen (secondary N) is 1. The van der Waals surface area contributed by atoms with Crippen LogP contribution in [0.4, 0.5) is 0 Å². The smallest absolute Gasteiger partial charge is 0.240 e. The molecule has 18 heavy (non-hydrogen) atoms. The third-order valence-corrected chi connectivity index (χ3v) is 4.95. The monoisotopic (exact) mass is 335 g/mol. The standard InChI is InChI=1S/C12H18BrNO3S/c1-8(2)9(3)14-18(15,16)10-5-6-12(17-4)11(13)7-10/h5-9,14H,1-4H3/t9-/m0/s1. The maximum absolute atomic E-state index is 12.1. The third-order valence-electron chi connectivity index (χ3n) is 2.77. The van der Waals surface area contributed by atoms with Gasteiger partial charge in [-0.05, 0) is 47.0 Å². The molecule has 1 atom stereocenters. The van der Waals surface area contributed by atoms with E-state index in [4.69, 9.17) is 4.74 Å². The second-order valence-corrected chi connectivity index (χ2v) is 7.02. The highest BCUT2D eigenvalue weighted by atomic mass is 79.9. The van der Waals surface area contributed by atoms with Gasteiger partial charge in [-0.1, -0.05) is 13.8 Å². The normalized spacial score (nSPS) is 13.7. The van der Waals surface area contributed by atoms with Gasteiger partial charge in [0.25, 0.3) is 0 Å². The van der Waals surface area contributed by atoms with Gasteiger partial charge >= 0.3 is 0 Å². The molecule has 0 saturated carbocycles. The number of halogens is 1. The first kappa shape index (κ1) is 15.5. The number of ether oxygens (including phenoxy) is 1. The van der Waals surface area contributed by atoms with E-state index >= 15 is 0 Å². The molecule has 0 fully saturated rings. The summed E-state index contributed by atoms with van der Waals surface area (Å²) in [6.45, 7) is 5.79. The fourth-order valence-electron chi connectivity index (χ4n) is 1.26. The molecule has 0 aliphatic rings. The van der Waals surface area contributed by atoms with Crippen LogP contribution in [0.1, 0.15) is 20.8 Å². The molecule has 0 heterocycles. The Morgan fingerprint density at radius 2 is 1.89 bits per heavy atom. The predicted octanol–water partition coefficient (Wildman–Crippen LogP) is 2.78. The van der Waals surface area contributed by atoms with E-state index in [9.17, 15) is 8.42 Å². The number of hydrogen-bond donors (Lipinski definition) is 1. The fraction of sp³-hybridized carbons (Fsp3) is 0.500. The quantitative estimate of drug-likeness (QED) is 0.900. The summed E-state index contributed by atoms with van der Waals surface area (Å²) >= 11 is 3.28. The van der Waals surface area contributed by atoms with E-state index in [2.05, 4.69) is 20.7 Å². The van der Waals surface area contributed by atoms with Crippen molar-refractivity contribution in [2.45, 2.75) is 31.7 Å². The fourth-order valence-corrected chi connectivity index (χ4v) is 3.37. The summed E-state index contributed by atoms with van der Waals surface area (Å²) in [5.74, 6) is 0.840. The van der Waals surface area contributed by atoms with Gasteiger partial charge in [-0.3, -0.25) is 0 Å². The molecule has 0 radical (unpaired) electrons. The van der Waals surface area contributed by atoms with E-state index < -0.39 is 10.0 Å². The summed E-state index contributed by atoms with van der Waals surface area (Å²) in [5, 5.41) is 0. The summed E-state index contributed by atoms with van der Waals surface area (Å²) in [6, 6.07) is 4.57. The number of hydrogen-bond acceptors (Lipinski definition) is 3. The van der Waals surface area contributed by atoms with Crippen molar-refractivity contribution in [1.82, 2.24) is 4.72 Å². The van der Waals surface area contributed by atoms with Gasteiger partial charge in [-0.25, -0.2) is 13.1 Å². The van der Waals surface area contributed by atoms with Gasteiger partial charge in [-0.2, -0.15) is 0 Å². The van der Waals surface area contributed by atoms with Crippen LogP contribution in [0.25, 0.3) is 0 Å². The van der Waals surface area contributed by atoms with Crippen molar-refractivity contribution < 1.29 is 13.2 Å². The Hall–Kier alpha value is -0.590. The Kier molecular flexibility index (Phi) is 5.19. The molecule has 1 aromatic carbocycles. The molecule has 6 heteroatoms. The SMILES string of the molecule is COc1ccc(S(=O)(=O)N[C@@H](C)C(C)C)cc1Br. The van der Waals surface area contributed by atoms with Crippen LogP contribution in [0.2, 0.25) is 0 Å². The molecule has 0 unspecified atom stereocenters.